The highest BCUT2D eigenvalue weighted by molar-refractivity contribution is 5.92. The third-order valence-electron chi connectivity index (χ3n) is 3.67. The van der Waals surface area contributed by atoms with Gasteiger partial charge in [-0.2, -0.15) is 0 Å². The van der Waals surface area contributed by atoms with E-state index in [1.165, 1.54) is 0 Å². The molecular weight excluding hydrogens is 292 g/mol. The molecule has 3 rings (SSSR count). The Balaban J connectivity index is 1.86. The quantitative estimate of drug-likeness (QED) is 0.803. The molecular formula is C17H16N4O2. The van der Waals surface area contributed by atoms with Crippen LogP contribution < -0.4 is 10.9 Å². The van der Waals surface area contributed by atoms with Crippen molar-refractivity contribution in [2.24, 2.45) is 0 Å². The maximum absolute atomic E-state index is 12.3. The van der Waals surface area contributed by atoms with Gasteiger partial charge in [0.05, 0.1) is 5.39 Å². The molecule has 0 saturated carbocycles. The minimum absolute atomic E-state index is 0.176. The minimum Gasteiger partial charge on any atom is -0.324 e. The zero-order valence-electron chi connectivity index (χ0n) is 12.9. The van der Waals surface area contributed by atoms with Crippen LogP contribution in [0.15, 0.2) is 47.3 Å². The summed E-state index contributed by atoms with van der Waals surface area (Å²) in [6.45, 7) is 3.67. The maximum atomic E-state index is 12.3. The third-order valence-corrected chi connectivity index (χ3v) is 3.67. The smallest absolute Gasteiger partial charge is 0.278 e. The number of nitrogens with one attached hydrogen (secondary N) is 1. The number of benzene rings is 2. The predicted octanol–water partition coefficient (Wildman–Crippen LogP) is 2.05. The number of hydrogen-bond donors (Lipinski definition) is 1. The van der Waals surface area contributed by atoms with E-state index in [0.29, 0.717) is 10.9 Å². The Hall–Kier alpha value is -3.02. The molecule has 1 heterocycles. The van der Waals surface area contributed by atoms with Crippen LogP contribution in [0, 0.1) is 13.8 Å². The van der Waals surface area contributed by atoms with E-state index in [-0.39, 0.29) is 18.0 Å². The van der Waals surface area contributed by atoms with Crippen molar-refractivity contribution >= 4 is 22.5 Å². The molecule has 116 valence electrons. The van der Waals surface area contributed by atoms with Crippen LogP contribution >= 0.6 is 0 Å². The molecule has 0 atom stereocenters. The molecule has 0 radical (unpaired) electrons. The number of aromatic nitrogens is 3. The summed E-state index contributed by atoms with van der Waals surface area (Å²) in [5, 5.41) is 11.1. The van der Waals surface area contributed by atoms with Gasteiger partial charge in [0.15, 0.2) is 0 Å². The highest BCUT2D eigenvalue weighted by atomic mass is 16.2. The van der Waals surface area contributed by atoms with E-state index >= 15 is 0 Å². The van der Waals surface area contributed by atoms with Crippen LogP contribution in [-0.2, 0) is 11.3 Å². The highest BCUT2D eigenvalue weighted by Crippen LogP contribution is 2.19. The predicted molar refractivity (Wildman–Crippen MR) is 88.3 cm³/mol. The SMILES string of the molecule is Cc1cccc(C)c1NC(=O)Cn1nnc2ccccc2c1=O. The lowest BCUT2D eigenvalue weighted by molar-refractivity contribution is -0.117. The van der Waals surface area contributed by atoms with Crippen molar-refractivity contribution in [3.63, 3.8) is 0 Å². The van der Waals surface area contributed by atoms with Gasteiger partial charge < -0.3 is 5.32 Å². The maximum Gasteiger partial charge on any atom is 0.278 e. The number of aryl methyl sites for hydroxylation is 2. The second kappa shape index (κ2) is 6.00. The Kier molecular flexibility index (Phi) is 3.89. The number of para-hydroxylation sites is 1. The summed E-state index contributed by atoms with van der Waals surface area (Å²) in [6, 6.07) is 12.7. The largest absolute Gasteiger partial charge is 0.324 e. The van der Waals surface area contributed by atoms with Crippen LogP contribution in [0.25, 0.3) is 10.9 Å². The van der Waals surface area contributed by atoms with Gasteiger partial charge in [-0.05, 0) is 37.1 Å². The van der Waals surface area contributed by atoms with Gasteiger partial charge in [-0.15, -0.1) is 5.10 Å². The van der Waals surface area contributed by atoms with Gasteiger partial charge in [-0.3, -0.25) is 9.59 Å². The number of hydrogen-bond acceptors (Lipinski definition) is 4. The Morgan fingerprint density at radius 1 is 1.09 bits per heavy atom. The fourth-order valence-corrected chi connectivity index (χ4v) is 2.45. The monoisotopic (exact) mass is 308 g/mol. The molecule has 0 aliphatic heterocycles. The van der Waals surface area contributed by atoms with Crippen molar-refractivity contribution in [3.8, 4) is 0 Å². The molecule has 0 unspecified atom stereocenters. The van der Waals surface area contributed by atoms with Gasteiger partial charge in [0.25, 0.3) is 5.56 Å². The van der Waals surface area contributed by atoms with Gasteiger partial charge in [-0.25, -0.2) is 4.68 Å². The van der Waals surface area contributed by atoms with Crippen molar-refractivity contribution in [2.75, 3.05) is 5.32 Å². The number of carbonyl (C=O) groups excluding carboxylic acids is 1. The zero-order chi connectivity index (χ0) is 16.4. The normalized spacial score (nSPS) is 10.7. The summed E-state index contributed by atoms with van der Waals surface area (Å²) in [7, 11) is 0. The highest BCUT2D eigenvalue weighted by Gasteiger charge is 2.11. The molecule has 0 bridgehead atoms. The summed E-state index contributed by atoms with van der Waals surface area (Å²) in [6.07, 6.45) is 0. The fourth-order valence-electron chi connectivity index (χ4n) is 2.45. The number of nitrogens with zero attached hydrogens (tertiary/aromatic N) is 3. The number of anilines is 1. The zero-order valence-corrected chi connectivity index (χ0v) is 12.9. The Bertz CT molecular complexity index is 926. The average molecular weight is 308 g/mol. The van der Waals surface area contributed by atoms with Crippen molar-refractivity contribution in [2.45, 2.75) is 20.4 Å². The molecule has 6 heteroatoms. The number of amides is 1. The van der Waals surface area contributed by atoms with E-state index in [2.05, 4.69) is 15.6 Å². The first-order valence-corrected chi connectivity index (χ1v) is 7.25. The lowest BCUT2D eigenvalue weighted by Crippen LogP contribution is -2.30. The number of fused-ring (bicyclic) bond motifs is 1. The van der Waals surface area contributed by atoms with Gasteiger partial charge >= 0.3 is 0 Å². The summed E-state index contributed by atoms with van der Waals surface area (Å²) in [5.41, 5.74) is 2.89. The van der Waals surface area contributed by atoms with Crippen LogP contribution in [0.5, 0.6) is 0 Å². The molecule has 0 aliphatic carbocycles. The van der Waals surface area contributed by atoms with Crippen LogP contribution in [0.3, 0.4) is 0 Å². The lowest BCUT2D eigenvalue weighted by Gasteiger charge is -2.11. The minimum atomic E-state index is -0.327. The summed E-state index contributed by atoms with van der Waals surface area (Å²) >= 11 is 0. The molecule has 1 amide bonds. The van der Waals surface area contributed by atoms with Gasteiger partial charge in [-0.1, -0.05) is 35.5 Å². The summed E-state index contributed by atoms with van der Waals surface area (Å²) in [5.74, 6) is -0.311. The summed E-state index contributed by atoms with van der Waals surface area (Å²) < 4.78 is 1.07. The topological polar surface area (TPSA) is 76.9 Å². The molecule has 1 aromatic heterocycles. The van der Waals surface area contributed by atoms with E-state index in [0.717, 1.165) is 21.5 Å². The standard InChI is InChI=1S/C17H16N4O2/c1-11-6-5-7-12(2)16(11)18-15(22)10-21-17(23)13-8-3-4-9-14(13)19-20-21/h3-9H,10H2,1-2H3,(H,18,22). The molecule has 3 aromatic rings. The van der Waals surface area contributed by atoms with E-state index in [4.69, 9.17) is 0 Å². The molecule has 0 spiro atoms. The summed E-state index contributed by atoms with van der Waals surface area (Å²) in [4.78, 5) is 24.6. The molecule has 6 nitrogen and oxygen atoms in total. The van der Waals surface area contributed by atoms with E-state index in [1.54, 1.807) is 24.3 Å². The van der Waals surface area contributed by atoms with Gasteiger partial charge in [0.1, 0.15) is 12.1 Å². The van der Waals surface area contributed by atoms with E-state index in [9.17, 15) is 9.59 Å². The van der Waals surface area contributed by atoms with Crippen molar-refractivity contribution < 1.29 is 4.79 Å². The van der Waals surface area contributed by atoms with Crippen molar-refractivity contribution in [3.05, 3.63) is 63.9 Å². The van der Waals surface area contributed by atoms with E-state index < -0.39 is 0 Å². The fraction of sp³-hybridized carbons (Fsp3) is 0.176. The molecule has 23 heavy (non-hydrogen) atoms. The third kappa shape index (κ3) is 2.96. The molecule has 0 fully saturated rings. The van der Waals surface area contributed by atoms with Crippen LogP contribution in [-0.4, -0.2) is 20.9 Å². The van der Waals surface area contributed by atoms with Gasteiger partial charge in [0.2, 0.25) is 5.91 Å². The van der Waals surface area contributed by atoms with Crippen LogP contribution in [0.4, 0.5) is 5.69 Å². The van der Waals surface area contributed by atoms with Crippen LogP contribution in [0.1, 0.15) is 11.1 Å². The van der Waals surface area contributed by atoms with Crippen molar-refractivity contribution in [1.82, 2.24) is 15.0 Å². The van der Waals surface area contributed by atoms with Crippen LogP contribution in [0.2, 0.25) is 0 Å². The Morgan fingerprint density at radius 2 is 1.78 bits per heavy atom. The first-order valence-electron chi connectivity index (χ1n) is 7.25. The molecule has 0 aliphatic rings. The second-order valence-corrected chi connectivity index (χ2v) is 5.38. The Labute approximate surface area is 132 Å². The molecule has 2 aromatic carbocycles. The number of carbonyl (C=O) groups is 1. The average Bonchev–Trinajstić information content (AvgIpc) is 2.54. The Morgan fingerprint density at radius 3 is 2.52 bits per heavy atom. The first-order chi connectivity index (χ1) is 11.1. The number of rotatable bonds is 3. The van der Waals surface area contributed by atoms with Crippen molar-refractivity contribution in [1.29, 1.82) is 0 Å². The lowest BCUT2D eigenvalue weighted by atomic mass is 10.1. The molecule has 0 saturated heterocycles. The van der Waals surface area contributed by atoms with Gasteiger partial charge in [0, 0.05) is 5.69 Å². The first kappa shape index (κ1) is 14.9. The molecule has 1 N–H and O–H groups in total. The van der Waals surface area contributed by atoms with E-state index in [1.807, 2.05) is 32.0 Å². The second-order valence-electron chi connectivity index (χ2n) is 5.38.